The number of para-hydroxylation sites is 1. The van der Waals surface area contributed by atoms with Gasteiger partial charge in [-0.05, 0) is 102 Å². The molecule has 1 heterocycles. The Bertz CT molecular complexity index is 3550. The lowest BCUT2D eigenvalue weighted by atomic mass is 9.66. The number of aliphatic imine (C=N–C) groups is 1. The summed E-state index contributed by atoms with van der Waals surface area (Å²) in [6.07, 6.45) is 4.02. The summed E-state index contributed by atoms with van der Waals surface area (Å²) in [4.78, 5) is 5.64. The Balaban J connectivity index is 1.05. The van der Waals surface area contributed by atoms with Crippen molar-refractivity contribution in [2.24, 2.45) is 4.99 Å². The highest BCUT2D eigenvalue weighted by molar-refractivity contribution is 7.19. The lowest BCUT2D eigenvalue weighted by Gasteiger charge is -2.39. The Morgan fingerprint density at radius 1 is 0.423 bits per heavy atom. The molecule has 1 spiro atoms. The van der Waals surface area contributed by atoms with Crippen molar-refractivity contribution < 1.29 is 4.74 Å². The van der Waals surface area contributed by atoms with Crippen LogP contribution in [0.1, 0.15) is 38.9 Å². The highest BCUT2D eigenvalue weighted by Crippen LogP contribution is 2.62. The van der Waals surface area contributed by atoms with Crippen LogP contribution >= 0.6 is 0 Å². The fourth-order valence-corrected chi connectivity index (χ4v) is 16.1. The third kappa shape index (κ3) is 7.21. The summed E-state index contributed by atoms with van der Waals surface area (Å²) < 4.78 is 6.81. The van der Waals surface area contributed by atoms with Crippen LogP contribution in [0.25, 0.3) is 33.5 Å². The van der Waals surface area contributed by atoms with E-state index in [1.165, 1.54) is 43.0 Å². The molecule has 12 rings (SSSR count). The quantitative estimate of drug-likeness (QED) is 0.0548. The molecule has 0 aromatic heterocycles. The summed E-state index contributed by atoms with van der Waals surface area (Å²) in [5, 5.41) is 5.25. The number of allylic oxidation sites excluding steroid dienone is 3. The van der Waals surface area contributed by atoms with Gasteiger partial charge in [-0.25, -0.2) is 4.99 Å². The van der Waals surface area contributed by atoms with Crippen LogP contribution in [-0.4, -0.2) is 13.8 Å². The van der Waals surface area contributed by atoms with Gasteiger partial charge in [0, 0.05) is 22.3 Å². The average molecular weight is 924 g/mol. The maximum Gasteiger partial charge on any atom is 0.179 e. The lowest BCUT2D eigenvalue weighted by molar-refractivity contribution is 0.436. The molecule has 1 aliphatic carbocycles. The number of fused-ring (bicyclic) bond motifs is 9. The van der Waals surface area contributed by atoms with E-state index in [0.717, 1.165) is 67.4 Å². The molecule has 10 aromatic carbocycles. The Labute approximate surface area is 417 Å². The smallest absolute Gasteiger partial charge is 0.179 e. The number of nitrogens with zero attached hydrogens (tertiary/aromatic N) is 1. The zero-order valence-electron chi connectivity index (χ0n) is 39.3. The van der Waals surface area contributed by atoms with Gasteiger partial charge in [0.05, 0.1) is 16.8 Å². The molecule has 0 bridgehead atoms. The molecular formula is C68H49NOSi. The molecule has 1 aliphatic heterocycles. The van der Waals surface area contributed by atoms with Gasteiger partial charge in [-0.2, -0.15) is 0 Å². The van der Waals surface area contributed by atoms with E-state index in [4.69, 9.17) is 16.3 Å². The summed E-state index contributed by atoms with van der Waals surface area (Å²) in [7, 11) is -2.79. The van der Waals surface area contributed by atoms with Crippen LogP contribution in [0.4, 0.5) is 0 Å². The SMILES string of the molecule is C=C/C(=N\C(=C/C(=C)c1ccccc1-c1ccccc1)c1ccc([Si](c2ccccc2)(c2ccccc2)c2ccccc2)cc1)c1ccc2c(c1)C1(c3ccccc3O2)c2ccccc2-c2ccccc21. The van der Waals surface area contributed by atoms with Crippen molar-refractivity contribution in [2.75, 3.05) is 0 Å². The predicted molar refractivity (Wildman–Crippen MR) is 300 cm³/mol. The highest BCUT2D eigenvalue weighted by Gasteiger charge is 2.51. The second-order valence-electron chi connectivity index (χ2n) is 18.2. The molecule has 0 radical (unpaired) electrons. The molecule has 0 unspecified atom stereocenters. The molecular weight excluding hydrogens is 875 g/mol. The Kier molecular flexibility index (Phi) is 11.1. The van der Waals surface area contributed by atoms with E-state index >= 15 is 0 Å². The van der Waals surface area contributed by atoms with Gasteiger partial charge < -0.3 is 4.74 Å². The topological polar surface area (TPSA) is 21.6 Å². The van der Waals surface area contributed by atoms with Gasteiger partial charge in [0.15, 0.2) is 8.07 Å². The van der Waals surface area contributed by atoms with E-state index in [2.05, 4.69) is 274 Å². The van der Waals surface area contributed by atoms with Gasteiger partial charge in [0.1, 0.15) is 11.5 Å². The van der Waals surface area contributed by atoms with Gasteiger partial charge in [-0.3, -0.25) is 0 Å². The van der Waals surface area contributed by atoms with Gasteiger partial charge in [-0.15, -0.1) is 0 Å². The van der Waals surface area contributed by atoms with Crippen molar-refractivity contribution in [3.8, 4) is 33.8 Å². The largest absolute Gasteiger partial charge is 0.457 e. The van der Waals surface area contributed by atoms with E-state index in [1.54, 1.807) is 0 Å². The molecule has 0 fully saturated rings. The first-order valence-corrected chi connectivity index (χ1v) is 26.2. The monoisotopic (exact) mass is 923 g/mol. The molecule has 336 valence electrons. The molecule has 0 atom stereocenters. The average Bonchev–Trinajstić information content (AvgIpc) is 3.74. The standard InChI is InChI=1S/C68H49NOSi/c1-3-64(51-42-45-67-63(47-51)68(62-38-22-23-39-66(62)70-67)60-36-20-18-34-58(60)59-35-19-21-37-61(59)68)69-65(46-48(2)56-32-16-17-33-57(56)49-24-8-4-9-25-49)50-40-43-55(44-41-50)71(52-26-10-5-11-27-52,53-28-12-6-13-29-53)54-30-14-7-15-31-54/h3-47H,1-2H2/b65-46-,69-64+. The van der Waals surface area contributed by atoms with Crippen LogP contribution in [0.5, 0.6) is 11.5 Å². The molecule has 3 heteroatoms. The van der Waals surface area contributed by atoms with Crippen LogP contribution in [-0.2, 0) is 5.41 Å². The number of ether oxygens (including phenoxy) is 1. The predicted octanol–water partition coefficient (Wildman–Crippen LogP) is 13.9. The Hall–Kier alpha value is -8.89. The van der Waals surface area contributed by atoms with E-state index in [9.17, 15) is 0 Å². The Morgan fingerprint density at radius 2 is 0.873 bits per heavy atom. The summed E-state index contributed by atoms with van der Waals surface area (Å²) in [6, 6.07) is 93.9. The van der Waals surface area contributed by atoms with Crippen LogP contribution in [0.3, 0.4) is 0 Å². The molecule has 10 aromatic rings. The van der Waals surface area contributed by atoms with Crippen molar-refractivity contribution in [1.29, 1.82) is 0 Å². The Morgan fingerprint density at radius 3 is 1.45 bits per heavy atom. The zero-order chi connectivity index (χ0) is 47.8. The first kappa shape index (κ1) is 43.4. The van der Waals surface area contributed by atoms with Crippen molar-refractivity contribution in [3.05, 3.63) is 325 Å². The van der Waals surface area contributed by atoms with Gasteiger partial charge in [-0.1, -0.05) is 250 Å². The van der Waals surface area contributed by atoms with Crippen LogP contribution in [0.15, 0.2) is 291 Å². The zero-order valence-corrected chi connectivity index (χ0v) is 40.3. The molecule has 71 heavy (non-hydrogen) atoms. The normalized spacial score (nSPS) is 13.3. The highest BCUT2D eigenvalue weighted by atomic mass is 28.3. The number of benzene rings is 10. The second-order valence-corrected chi connectivity index (χ2v) is 22.1. The summed E-state index contributed by atoms with van der Waals surface area (Å²) >= 11 is 0. The van der Waals surface area contributed by atoms with E-state index < -0.39 is 13.5 Å². The van der Waals surface area contributed by atoms with Crippen molar-refractivity contribution >= 4 is 45.8 Å². The first-order chi connectivity index (χ1) is 35.1. The van der Waals surface area contributed by atoms with E-state index in [0.29, 0.717) is 0 Å². The van der Waals surface area contributed by atoms with Gasteiger partial charge in [0.25, 0.3) is 0 Å². The summed E-state index contributed by atoms with van der Waals surface area (Å²) in [6.45, 7) is 9.17. The molecule has 0 saturated heterocycles. The van der Waals surface area contributed by atoms with Gasteiger partial charge >= 0.3 is 0 Å². The van der Waals surface area contributed by atoms with Gasteiger partial charge in [0.2, 0.25) is 0 Å². The fraction of sp³-hybridized carbons (Fsp3) is 0.0147. The van der Waals surface area contributed by atoms with Crippen LogP contribution < -0.4 is 25.5 Å². The van der Waals surface area contributed by atoms with E-state index in [-0.39, 0.29) is 0 Å². The minimum atomic E-state index is -2.79. The summed E-state index contributed by atoms with van der Waals surface area (Å²) in [5.74, 6) is 1.68. The lowest BCUT2D eigenvalue weighted by Crippen LogP contribution is -2.74. The fourth-order valence-electron chi connectivity index (χ4n) is 11.4. The maximum absolute atomic E-state index is 6.81. The summed E-state index contributed by atoms with van der Waals surface area (Å²) in [5.41, 5.74) is 14.1. The third-order valence-electron chi connectivity index (χ3n) is 14.5. The molecule has 0 N–H and O–H groups in total. The number of hydrogen-bond acceptors (Lipinski definition) is 2. The number of hydrogen-bond donors (Lipinski definition) is 0. The molecule has 2 aliphatic rings. The minimum Gasteiger partial charge on any atom is -0.457 e. The number of rotatable bonds is 11. The minimum absolute atomic E-state index is 0.615. The second kappa shape index (κ2) is 18.2. The third-order valence-corrected chi connectivity index (χ3v) is 19.3. The van der Waals surface area contributed by atoms with Crippen molar-refractivity contribution in [2.45, 2.75) is 5.41 Å². The molecule has 0 saturated carbocycles. The van der Waals surface area contributed by atoms with Crippen molar-refractivity contribution in [1.82, 2.24) is 0 Å². The molecule has 0 amide bonds. The maximum atomic E-state index is 6.81. The van der Waals surface area contributed by atoms with Crippen LogP contribution in [0.2, 0.25) is 0 Å². The molecule has 2 nitrogen and oxygen atoms in total. The van der Waals surface area contributed by atoms with Crippen molar-refractivity contribution in [3.63, 3.8) is 0 Å². The first-order valence-electron chi connectivity index (χ1n) is 24.2. The van der Waals surface area contributed by atoms with Crippen LogP contribution in [0, 0.1) is 0 Å². The van der Waals surface area contributed by atoms with E-state index in [1.807, 2.05) is 6.08 Å².